The fourth-order valence-electron chi connectivity index (χ4n) is 4.13. The number of fused-ring (bicyclic) bond motifs is 1. The largest absolute Gasteiger partial charge is 0.496 e. The average molecular weight is 518 g/mol. The van der Waals surface area contributed by atoms with Gasteiger partial charge in [0.25, 0.3) is 0 Å². The Morgan fingerprint density at radius 3 is 2.46 bits per heavy atom. The predicted octanol–water partition coefficient (Wildman–Crippen LogP) is 5.69. The second kappa shape index (κ2) is 9.44. The molecule has 5 aromatic rings. The molecule has 10 heteroatoms. The first-order valence-electron chi connectivity index (χ1n) is 10.9. The maximum absolute atomic E-state index is 13.9. The van der Waals surface area contributed by atoms with E-state index in [4.69, 9.17) is 9.26 Å². The molecule has 0 unspecified atom stereocenters. The fourth-order valence-corrected chi connectivity index (χ4v) is 5.42. The van der Waals surface area contributed by atoms with Crippen LogP contribution in [0.3, 0.4) is 0 Å². The molecule has 0 aliphatic carbocycles. The molecule has 0 radical (unpaired) electrons. The molecule has 0 aliphatic heterocycles. The Hall–Kier alpha value is -4.62. The highest BCUT2D eigenvalue weighted by atomic mass is 32.2. The van der Waals surface area contributed by atoms with Gasteiger partial charge in [-0.1, -0.05) is 11.2 Å². The molecule has 0 spiro atoms. The number of methoxy groups -OCH3 is 1. The van der Waals surface area contributed by atoms with Gasteiger partial charge in [-0.25, -0.2) is 17.2 Å². The number of benzene rings is 3. The van der Waals surface area contributed by atoms with Crippen LogP contribution >= 0.6 is 0 Å². The van der Waals surface area contributed by atoms with E-state index >= 15 is 0 Å². The number of pyridine rings is 1. The SMILES string of the molecule is COc1cc(-c2cc(F)cc(F)c2)c(C#N)cc1-c1nccc2cc(S(=O)(=O)Cc3ccon3)ccc12. The van der Waals surface area contributed by atoms with Crippen LogP contribution in [-0.4, -0.2) is 25.7 Å². The summed E-state index contributed by atoms with van der Waals surface area (Å²) in [4.78, 5) is 4.57. The molecular weight excluding hydrogens is 500 g/mol. The maximum atomic E-state index is 13.9. The molecule has 3 aromatic carbocycles. The molecular formula is C27H17F2N3O4S. The number of nitrogens with zero attached hydrogens (tertiary/aromatic N) is 3. The highest BCUT2D eigenvalue weighted by Crippen LogP contribution is 2.39. The van der Waals surface area contributed by atoms with E-state index in [-0.39, 0.29) is 21.8 Å². The number of nitriles is 1. The molecule has 2 aromatic heterocycles. The third kappa shape index (κ3) is 4.64. The summed E-state index contributed by atoms with van der Waals surface area (Å²) in [6.45, 7) is 0. The zero-order valence-corrected chi connectivity index (χ0v) is 20.1. The summed E-state index contributed by atoms with van der Waals surface area (Å²) in [6, 6.07) is 16.0. The topological polar surface area (TPSA) is 106 Å². The van der Waals surface area contributed by atoms with E-state index < -0.39 is 21.5 Å². The minimum absolute atomic E-state index is 0.105. The number of hydrogen-bond acceptors (Lipinski definition) is 7. The molecule has 0 atom stereocenters. The summed E-state index contributed by atoms with van der Waals surface area (Å²) in [5.41, 5.74) is 1.84. The molecule has 184 valence electrons. The van der Waals surface area contributed by atoms with Crippen LogP contribution in [0.2, 0.25) is 0 Å². The van der Waals surface area contributed by atoms with Crippen LogP contribution in [0.5, 0.6) is 5.75 Å². The smallest absolute Gasteiger partial charge is 0.184 e. The Morgan fingerprint density at radius 1 is 1.00 bits per heavy atom. The van der Waals surface area contributed by atoms with E-state index in [1.807, 2.05) is 0 Å². The highest BCUT2D eigenvalue weighted by Gasteiger charge is 2.20. The van der Waals surface area contributed by atoms with Crippen LogP contribution in [0, 0.1) is 23.0 Å². The van der Waals surface area contributed by atoms with E-state index in [2.05, 4.69) is 16.2 Å². The Balaban J connectivity index is 1.63. The molecule has 0 saturated heterocycles. The second-order valence-corrected chi connectivity index (χ2v) is 10.1. The minimum Gasteiger partial charge on any atom is -0.496 e. The number of hydrogen-bond donors (Lipinski definition) is 0. The number of halogens is 2. The molecule has 5 rings (SSSR count). The molecule has 0 bridgehead atoms. The Kier molecular flexibility index (Phi) is 6.15. The highest BCUT2D eigenvalue weighted by molar-refractivity contribution is 7.90. The maximum Gasteiger partial charge on any atom is 0.184 e. The van der Waals surface area contributed by atoms with Gasteiger partial charge in [0.05, 0.1) is 35.0 Å². The molecule has 0 amide bonds. The summed E-state index contributed by atoms with van der Waals surface area (Å²) in [6.07, 6.45) is 2.83. The molecule has 0 N–H and O–H groups in total. The minimum atomic E-state index is -3.69. The van der Waals surface area contributed by atoms with Gasteiger partial charge in [0.1, 0.15) is 29.4 Å². The molecule has 2 heterocycles. The quantitative estimate of drug-likeness (QED) is 0.285. The first kappa shape index (κ1) is 24.1. The van der Waals surface area contributed by atoms with Crippen LogP contribution in [-0.2, 0) is 15.6 Å². The summed E-state index contributed by atoms with van der Waals surface area (Å²) in [7, 11) is -2.26. The average Bonchev–Trinajstić information content (AvgIpc) is 3.39. The van der Waals surface area contributed by atoms with Gasteiger partial charge in [-0.2, -0.15) is 5.26 Å². The monoisotopic (exact) mass is 517 g/mol. The van der Waals surface area contributed by atoms with Gasteiger partial charge in [0.2, 0.25) is 0 Å². The van der Waals surface area contributed by atoms with Crippen molar-refractivity contribution in [3.8, 4) is 34.2 Å². The lowest BCUT2D eigenvalue weighted by Gasteiger charge is -2.15. The van der Waals surface area contributed by atoms with Crippen molar-refractivity contribution >= 4 is 20.6 Å². The zero-order valence-electron chi connectivity index (χ0n) is 19.3. The fraction of sp³-hybridized carbons (Fsp3) is 0.0741. The number of aromatic nitrogens is 2. The van der Waals surface area contributed by atoms with Crippen molar-refractivity contribution in [3.63, 3.8) is 0 Å². The predicted molar refractivity (Wildman–Crippen MR) is 131 cm³/mol. The standard InChI is InChI=1S/C27H17F2N3O4S/c1-35-26-13-24(17-8-19(28)12-20(29)9-17)18(14-30)11-25(26)27-23-3-2-22(10-16(23)4-6-31-27)37(33,34)15-21-5-7-36-32-21/h2-13H,15H2,1H3. The lowest BCUT2D eigenvalue weighted by molar-refractivity contribution is 0.413. The lowest BCUT2D eigenvalue weighted by Crippen LogP contribution is -2.05. The van der Waals surface area contributed by atoms with Gasteiger partial charge in [-0.3, -0.25) is 4.98 Å². The lowest BCUT2D eigenvalue weighted by atomic mass is 9.94. The van der Waals surface area contributed by atoms with Crippen LogP contribution in [0.25, 0.3) is 33.2 Å². The van der Waals surface area contributed by atoms with Gasteiger partial charge in [-0.05, 0) is 53.4 Å². The van der Waals surface area contributed by atoms with E-state index in [0.29, 0.717) is 39.0 Å². The third-order valence-electron chi connectivity index (χ3n) is 5.81. The van der Waals surface area contributed by atoms with Crippen molar-refractivity contribution in [1.82, 2.24) is 10.1 Å². The number of sulfone groups is 1. The van der Waals surface area contributed by atoms with Crippen molar-refractivity contribution in [2.24, 2.45) is 0 Å². The molecule has 7 nitrogen and oxygen atoms in total. The van der Waals surface area contributed by atoms with Gasteiger partial charge in [0.15, 0.2) is 9.84 Å². The van der Waals surface area contributed by atoms with Gasteiger partial charge in [0, 0.05) is 34.8 Å². The first-order valence-corrected chi connectivity index (χ1v) is 12.5. The molecule has 0 saturated carbocycles. The van der Waals surface area contributed by atoms with Crippen LogP contribution in [0.1, 0.15) is 11.3 Å². The summed E-state index contributed by atoms with van der Waals surface area (Å²) in [5, 5.41) is 14.7. The second-order valence-electron chi connectivity index (χ2n) is 8.16. The molecule has 37 heavy (non-hydrogen) atoms. The van der Waals surface area contributed by atoms with Crippen molar-refractivity contribution in [2.45, 2.75) is 10.6 Å². The first-order chi connectivity index (χ1) is 17.8. The Morgan fingerprint density at radius 2 is 1.78 bits per heavy atom. The summed E-state index contributed by atoms with van der Waals surface area (Å²) < 4.78 is 63.8. The number of ether oxygens (including phenoxy) is 1. The van der Waals surface area contributed by atoms with Gasteiger partial charge in [-0.15, -0.1) is 0 Å². The normalized spacial score (nSPS) is 11.4. The number of rotatable bonds is 6. The Labute approximate surface area is 210 Å². The van der Waals surface area contributed by atoms with Crippen LogP contribution in [0.4, 0.5) is 8.78 Å². The van der Waals surface area contributed by atoms with E-state index in [0.717, 1.165) is 18.2 Å². The molecule has 0 fully saturated rings. The van der Waals surface area contributed by atoms with Crippen molar-refractivity contribution < 1.29 is 26.5 Å². The van der Waals surface area contributed by atoms with E-state index in [9.17, 15) is 22.5 Å². The van der Waals surface area contributed by atoms with Crippen LogP contribution < -0.4 is 4.74 Å². The van der Waals surface area contributed by atoms with Crippen molar-refractivity contribution in [2.75, 3.05) is 7.11 Å². The van der Waals surface area contributed by atoms with E-state index in [1.165, 1.54) is 49.9 Å². The summed E-state index contributed by atoms with van der Waals surface area (Å²) >= 11 is 0. The summed E-state index contributed by atoms with van der Waals surface area (Å²) in [5.74, 6) is -1.53. The van der Waals surface area contributed by atoms with E-state index in [1.54, 1.807) is 12.1 Å². The molecule has 0 aliphatic rings. The van der Waals surface area contributed by atoms with Gasteiger partial charge < -0.3 is 9.26 Å². The third-order valence-corrected chi connectivity index (χ3v) is 7.46. The Bertz CT molecular complexity index is 1780. The van der Waals surface area contributed by atoms with Crippen molar-refractivity contribution in [3.05, 3.63) is 96.0 Å². The zero-order chi connectivity index (χ0) is 26.2. The van der Waals surface area contributed by atoms with Crippen molar-refractivity contribution in [1.29, 1.82) is 5.26 Å². The van der Waals surface area contributed by atoms with Crippen LogP contribution in [0.15, 0.2) is 82.5 Å². The van der Waals surface area contributed by atoms with Gasteiger partial charge >= 0.3 is 0 Å².